The van der Waals surface area contributed by atoms with Gasteiger partial charge in [0.1, 0.15) is 0 Å². The summed E-state index contributed by atoms with van der Waals surface area (Å²) in [5, 5.41) is 6.36. The van der Waals surface area contributed by atoms with Gasteiger partial charge in [-0.1, -0.05) is 6.07 Å². The molecule has 0 atom stereocenters. The molecule has 0 unspecified atom stereocenters. The van der Waals surface area contributed by atoms with E-state index in [4.69, 9.17) is 0 Å². The Bertz CT molecular complexity index is 1240. The largest absolute Gasteiger partial charge is 0.416 e. The van der Waals surface area contributed by atoms with E-state index < -0.39 is 34.2 Å². The van der Waals surface area contributed by atoms with Gasteiger partial charge in [0.2, 0.25) is 15.9 Å². The van der Waals surface area contributed by atoms with Crippen molar-refractivity contribution in [2.24, 2.45) is 0 Å². The Morgan fingerprint density at radius 3 is 2.44 bits per heavy atom. The number of alkyl halides is 3. The molecular formula is C21H21F3N4O3S. The lowest BCUT2D eigenvalue weighted by Gasteiger charge is -2.19. The summed E-state index contributed by atoms with van der Waals surface area (Å²) < 4.78 is 67.3. The first-order valence-corrected chi connectivity index (χ1v) is 10.9. The maximum Gasteiger partial charge on any atom is 0.416 e. The Kier molecular flexibility index (Phi) is 6.42. The van der Waals surface area contributed by atoms with E-state index >= 15 is 0 Å². The Labute approximate surface area is 183 Å². The summed E-state index contributed by atoms with van der Waals surface area (Å²) in [7, 11) is -2.75. The standard InChI is InChI=1S/C21H21F3N4O3S/c1-14-5-7-17(11-15(14)2)32(30,31)27(3)13-20(29)26-18-12-16(21(22,23)24)6-8-19(18)28-10-4-9-25-28/h4-12H,13H2,1-3H3,(H,26,29). The van der Waals surface area contributed by atoms with Crippen LogP contribution in [0, 0.1) is 13.8 Å². The maximum atomic E-state index is 13.2. The molecule has 1 heterocycles. The number of hydrogen-bond donors (Lipinski definition) is 1. The number of carbonyl (C=O) groups is 1. The highest BCUT2D eigenvalue weighted by Gasteiger charge is 2.31. The van der Waals surface area contributed by atoms with E-state index in [9.17, 15) is 26.4 Å². The van der Waals surface area contributed by atoms with E-state index in [0.29, 0.717) is 0 Å². The first-order chi connectivity index (χ1) is 14.9. The highest BCUT2D eigenvalue weighted by Crippen LogP contribution is 2.33. The molecule has 3 aromatic rings. The molecule has 0 fully saturated rings. The van der Waals surface area contributed by atoms with Crippen LogP contribution < -0.4 is 5.32 Å². The number of benzene rings is 2. The van der Waals surface area contributed by atoms with Gasteiger partial charge >= 0.3 is 6.18 Å². The molecule has 170 valence electrons. The van der Waals surface area contributed by atoms with Gasteiger partial charge in [-0.25, -0.2) is 13.1 Å². The van der Waals surface area contributed by atoms with Crippen LogP contribution in [0.2, 0.25) is 0 Å². The number of aryl methyl sites for hydroxylation is 2. The lowest BCUT2D eigenvalue weighted by molar-refractivity contribution is -0.137. The van der Waals surface area contributed by atoms with E-state index in [0.717, 1.165) is 27.6 Å². The molecule has 0 saturated heterocycles. The van der Waals surface area contributed by atoms with Crippen LogP contribution in [-0.4, -0.2) is 42.0 Å². The number of anilines is 1. The van der Waals surface area contributed by atoms with E-state index in [1.807, 2.05) is 6.92 Å². The maximum absolute atomic E-state index is 13.2. The predicted molar refractivity (Wildman–Crippen MR) is 113 cm³/mol. The third-order valence-corrected chi connectivity index (χ3v) is 6.70. The molecule has 1 amide bonds. The van der Waals surface area contributed by atoms with Gasteiger partial charge in [-0.2, -0.15) is 22.6 Å². The summed E-state index contributed by atoms with van der Waals surface area (Å²) in [6.07, 6.45) is -1.67. The Morgan fingerprint density at radius 2 is 1.84 bits per heavy atom. The lowest BCUT2D eigenvalue weighted by atomic mass is 10.1. The van der Waals surface area contributed by atoms with Gasteiger partial charge < -0.3 is 5.32 Å². The number of amides is 1. The zero-order valence-electron chi connectivity index (χ0n) is 17.5. The summed E-state index contributed by atoms with van der Waals surface area (Å²) in [5.41, 5.74) is 0.790. The van der Waals surface area contributed by atoms with E-state index in [1.165, 1.54) is 42.3 Å². The number of carbonyl (C=O) groups excluding carboxylic acids is 1. The first kappa shape index (κ1) is 23.5. The van der Waals surface area contributed by atoms with Crippen molar-refractivity contribution in [3.63, 3.8) is 0 Å². The predicted octanol–water partition coefficient (Wildman–Crippen LogP) is 3.77. The van der Waals surface area contributed by atoms with Crippen molar-refractivity contribution in [1.82, 2.24) is 14.1 Å². The molecule has 32 heavy (non-hydrogen) atoms. The van der Waals surface area contributed by atoms with Crippen molar-refractivity contribution >= 4 is 21.6 Å². The van der Waals surface area contributed by atoms with Gasteiger partial charge in [-0.05, 0) is 61.4 Å². The van der Waals surface area contributed by atoms with Crippen molar-refractivity contribution in [2.45, 2.75) is 24.9 Å². The average molecular weight is 466 g/mol. The SMILES string of the molecule is Cc1ccc(S(=O)(=O)N(C)CC(=O)Nc2cc(C(F)(F)F)ccc2-n2cccn2)cc1C. The van der Waals surface area contributed by atoms with Gasteiger partial charge in [-0.3, -0.25) is 4.79 Å². The fourth-order valence-corrected chi connectivity index (χ4v) is 4.17. The highest BCUT2D eigenvalue weighted by atomic mass is 32.2. The number of nitrogens with zero attached hydrogens (tertiary/aromatic N) is 3. The Hall–Kier alpha value is -3.18. The first-order valence-electron chi connectivity index (χ1n) is 9.44. The normalized spacial score (nSPS) is 12.2. The van der Waals surface area contributed by atoms with Crippen LogP contribution in [0.1, 0.15) is 16.7 Å². The van der Waals surface area contributed by atoms with E-state index in [1.54, 1.807) is 19.1 Å². The molecule has 0 radical (unpaired) electrons. The summed E-state index contributed by atoms with van der Waals surface area (Å²) >= 11 is 0. The molecule has 0 aliphatic heterocycles. The number of halogens is 3. The molecule has 0 aliphatic rings. The molecule has 3 rings (SSSR count). The summed E-state index contributed by atoms with van der Waals surface area (Å²) in [6, 6.07) is 9.02. The lowest BCUT2D eigenvalue weighted by Crippen LogP contribution is -2.35. The number of nitrogens with one attached hydrogen (secondary N) is 1. The van der Waals surface area contributed by atoms with E-state index in [-0.39, 0.29) is 16.3 Å². The zero-order valence-corrected chi connectivity index (χ0v) is 18.3. The second-order valence-electron chi connectivity index (χ2n) is 7.24. The number of hydrogen-bond acceptors (Lipinski definition) is 4. The van der Waals surface area contributed by atoms with Crippen molar-refractivity contribution in [3.8, 4) is 5.69 Å². The number of rotatable bonds is 6. The zero-order chi connectivity index (χ0) is 23.7. The second kappa shape index (κ2) is 8.75. The van der Waals surface area contributed by atoms with Gasteiger partial charge in [-0.15, -0.1) is 0 Å². The van der Waals surface area contributed by atoms with Crippen molar-refractivity contribution in [3.05, 3.63) is 71.5 Å². The molecule has 2 aromatic carbocycles. The van der Waals surface area contributed by atoms with Crippen LogP contribution in [-0.2, 0) is 21.0 Å². The van der Waals surface area contributed by atoms with Crippen LogP contribution >= 0.6 is 0 Å². The van der Waals surface area contributed by atoms with Gasteiger partial charge in [0, 0.05) is 19.4 Å². The molecule has 0 spiro atoms. The fraction of sp³-hybridized carbons (Fsp3) is 0.238. The molecule has 1 N–H and O–H groups in total. The monoisotopic (exact) mass is 466 g/mol. The van der Waals surface area contributed by atoms with Crippen LogP contribution in [0.3, 0.4) is 0 Å². The van der Waals surface area contributed by atoms with Crippen molar-refractivity contribution in [2.75, 3.05) is 18.9 Å². The third-order valence-electron chi connectivity index (χ3n) is 4.90. The summed E-state index contributed by atoms with van der Waals surface area (Å²) in [5.74, 6) is -0.798. The van der Waals surface area contributed by atoms with Crippen LogP contribution in [0.4, 0.5) is 18.9 Å². The molecule has 1 aromatic heterocycles. The van der Waals surface area contributed by atoms with Crippen LogP contribution in [0.5, 0.6) is 0 Å². The quantitative estimate of drug-likeness (QED) is 0.600. The topological polar surface area (TPSA) is 84.3 Å². The molecular weight excluding hydrogens is 445 g/mol. The van der Waals surface area contributed by atoms with E-state index in [2.05, 4.69) is 10.4 Å². The number of aromatic nitrogens is 2. The third kappa shape index (κ3) is 5.00. The highest BCUT2D eigenvalue weighted by molar-refractivity contribution is 7.89. The van der Waals surface area contributed by atoms with Crippen LogP contribution in [0.15, 0.2) is 59.8 Å². The van der Waals surface area contributed by atoms with Crippen molar-refractivity contribution in [1.29, 1.82) is 0 Å². The minimum atomic E-state index is -4.62. The molecule has 0 aliphatic carbocycles. The second-order valence-corrected chi connectivity index (χ2v) is 9.28. The molecule has 0 bridgehead atoms. The Morgan fingerprint density at radius 1 is 1.12 bits per heavy atom. The number of sulfonamides is 1. The summed E-state index contributed by atoms with van der Waals surface area (Å²) in [6.45, 7) is 3.02. The van der Waals surface area contributed by atoms with Gasteiger partial charge in [0.05, 0.1) is 28.4 Å². The van der Waals surface area contributed by atoms with Crippen LogP contribution in [0.25, 0.3) is 5.69 Å². The fourth-order valence-electron chi connectivity index (χ4n) is 2.95. The summed E-state index contributed by atoms with van der Waals surface area (Å²) in [4.78, 5) is 12.6. The average Bonchev–Trinajstić information content (AvgIpc) is 3.23. The van der Waals surface area contributed by atoms with Crippen molar-refractivity contribution < 1.29 is 26.4 Å². The van der Waals surface area contributed by atoms with Gasteiger partial charge in [0.15, 0.2) is 0 Å². The number of likely N-dealkylation sites (N-methyl/N-ethyl adjacent to an activating group) is 1. The smallest absolute Gasteiger partial charge is 0.323 e. The Balaban J connectivity index is 1.85. The molecule has 11 heteroatoms. The molecule has 0 saturated carbocycles. The minimum absolute atomic E-state index is 0.0206. The minimum Gasteiger partial charge on any atom is -0.323 e. The van der Waals surface area contributed by atoms with Gasteiger partial charge in [0.25, 0.3) is 0 Å². The molecule has 7 nitrogen and oxygen atoms in total.